The van der Waals surface area contributed by atoms with Gasteiger partial charge in [-0.05, 0) is 20.3 Å². The molecule has 0 aliphatic rings. The highest BCUT2D eigenvalue weighted by Gasteiger charge is 2.20. The topological polar surface area (TPSA) is 80.4 Å². The van der Waals surface area contributed by atoms with Crippen LogP contribution in [0.25, 0.3) is 0 Å². The Hall–Kier alpha value is -0.970. The Bertz CT molecular complexity index is 203. The Kier molecular flexibility index (Phi) is 6.03. The number of carbonyl (C=O) groups is 1. The summed E-state index contributed by atoms with van der Waals surface area (Å²) in [5.41, 5.74) is 0. The second kappa shape index (κ2) is 6.48. The minimum atomic E-state index is -0.700. The number of Topliss-reactive ketones (excluding diaryl/α,β-unsaturated/α-hetero) is 1. The maximum absolute atomic E-state index is 10.6. The highest BCUT2D eigenvalue weighted by molar-refractivity contribution is 5.75. The Morgan fingerprint density at radius 1 is 1.43 bits per heavy atom. The van der Waals surface area contributed by atoms with E-state index in [1.807, 2.05) is 0 Å². The van der Waals surface area contributed by atoms with Crippen LogP contribution in [-0.2, 0) is 4.79 Å². The second-order valence-electron chi connectivity index (χ2n) is 3.61. The summed E-state index contributed by atoms with van der Waals surface area (Å²) in [6, 6.07) is -0.700. The summed E-state index contributed by atoms with van der Waals surface area (Å²) in [5, 5.41) is 19.5. The van der Waals surface area contributed by atoms with Crippen LogP contribution in [0.1, 0.15) is 39.5 Å². The van der Waals surface area contributed by atoms with E-state index in [2.05, 4.69) is 0 Å². The standard InChI is InChI=1S/C9H17NO4/c1-7(11)3-5-9(10(13)14)6-4-8(2)12/h7,9,11H,3-6H2,1-2H3/t7-,9-/m0/s1. The lowest BCUT2D eigenvalue weighted by Crippen LogP contribution is -2.21. The van der Waals surface area contributed by atoms with Crippen LogP contribution in [0.2, 0.25) is 0 Å². The molecule has 0 bridgehead atoms. The van der Waals surface area contributed by atoms with E-state index in [4.69, 9.17) is 5.11 Å². The molecule has 0 heterocycles. The van der Waals surface area contributed by atoms with E-state index < -0.39 is 12.1 Å². The lowest BCUT2D eigenvalue weighted by atomic mass is 10.0. The van der Waals surface area contributed by atoms with Crippen molar-refractivity contribution in [3.63, 3.8) is 0 Å². The fourth-order valence-corrected chi connectivity index (χ4v) is 1.16. The van der Waals surface area contributed by atoms with E-state index in [1.54, 1.807) is 6.92 Å². The van der Waals surface area contributed by atoms with Crippen LogP contribution in [-0.4, -0.2) is 28.0 Å². The zero-order valence-corrected chi connectivity index (χ0v) is 8.60. The first-order valence-corrected chi connectivity index (χ1v) is 4.74. The molecule has 0 aliphatic carbocycles. The Morgan fingerprint density at radius 3 is 2.36 bits per heavy atom. The number of carbonyl (C=O) groups excluding carboxylic acids is 1. The van der Waals surface area contributed by atoms with Crippen LogP contribution in [0.15, 0.2) is 0 Å². The van der Waals surface area contributed by atoms with E-state index in [-0.39, 0.29) is 23.5 Å². The molecule has 0 aromatic carbocycles. The molecule has 0 rings (SSSR count). The molecule has 0 aromatic rings. The summed E-state index contributed by atoms with van der Waals surface area (Å²) in [6.07, 6.45) is 0.733. The molecule has 0 saturated carbocycles. The largest absolute Gasteiger partial charge is 0.393 e. The van der Waals surface area contributed by atoms with Gasteiger partial charge in [-0.1, -0.05) is 0 Å². The maximum atomic E-state index is 10.6. The van der Waals surface area contributed by atoms with Gasteiger partial charge >= 0.3 is 0 Å². The molecule has 0 spiro atoms. The molecule has 2 atom stereocenters. The average Bonchev–Trinajstić information content (AvgIpc) is 2.02. The normalized spacial score (nSPS) is 14.8. The third-order valence-electron chi connectivity index (χ3n) is 2.05. The monoisotopic (exact) mass is 203 g/mol. The van der Waals surface area contributed by atoms with Crippen molar-refractivity contribution in [2.75, 3.05) is 0 Å². The summed E-state index contributed by atoms with van der Waals surface area (Å²) in [4.78, 5) is 20.8. The lowest BCUT2D eigenvalue weighted by molar-refractivity contribution is -0.524. The molecule has 0 amide bonds. The molecule has 0 saturated heterocycles. The number of nitrogens with zero attached hydrogens (tertiary/aromatic N) is 1. The highest BCUT2D eigenvalue weighted by Crippen LogP contribution is 2.10. The van der Waals surface area contributed by atoms with Gasteiger partial charge in [0.1, 0.15) is 5.78 Å². The van der Waals surface area contributed by atoms with Crippen LogP contribution in [0, 0.1) is 10.1 Å². The van der Waals surface area contributed by atoms with E-state index >= 15 is 0 Å². The van der Waals surface area contributed by atoms with E-state index in [0.717, 1.165) is 0 Å². The minimum absolute atomic E-state index is 0.0334. The first-order chi connectivity index (χ1) is 6.43. The number of nitro groups is 1. The molecule has 0 aliphatic heterocycles. The van der Waals surface area contributed by atoms with Gasteiger partial charge in [0, 0.05) is 24.2 Å². The number of ketones is 1. The summed E-state index contributed by atoms with van der Waals surface area (Å²) in [5.74, 6) is -0.0334. The molecule has 5 nitrogen and oxygen atoms in total. The van der Waals surface area contributed by atoms with Crippen LogP contribution in [0.3, 0.4) is 0 Å². The quantitative estimate of drug-likeness (QED) is 0.497. The van der Waals surface area contributed by atoms with Crippen LogP contribution < -0.4 is 0 Å². The smallest absolute Gasteiger partial charge is 0.213 e. The van der Waals surface area contributed by atoms with E-state index in [1.165, 1.54) is 6.92 Å². The Balaban J connectivity index is 3.90. The lowest BCUT2D eigenvalue weighted by Gasteiger charge is -2.09. The van der Waals surface area contributed by atoms with Gasteiger partial charge in [0.15, 0.2) is 0 Å². The molecule has 82 valence electrons. The van der Waals surface area contributed by atoms with E-state index in [9.17, 15) is 14.9 Å². The van der Waals surface area contributed by atoms with Crippen molar-refractivity contribution in [2.24, 2.45) is 0 Å². The van der Waals surface area contributed by atoms with E-state index in [0.29, 0.717) is 12.8 Å². The van der Waals surface area contributed by atoms with Gasteiger partial charge in [0.05, 0.1) is 6.10 Å². The van der Waals surface area contributed by atoms with Crippen molar-refractivity contribution in [2.45, 2.75) is 51.7 Å². The number of aliphatic hydroxyl groups is 1. The molecule has 0 radical (unpaired) electrons. The van der Waals surface area contributed by atoms with Gasteiger partial charge in [-0.25, -0.2) is 0 Å². The minimum Gasteiger partial charge on any atom is -0.393 e. The van der Waals surface area contributed by atoms with Crippen molar-refractivity contribution in [1.82, 2.24) is 0 Å². The summed E-state index contributed by atoms with van der Waals surface area (Å²) in [6.45, 7) is 3.02. The van der Waals surface area contributed by atoms with Crippen LogP contribution >= 0.6 is 0 Å². The summed E-state index contributed by atoms with van der Waals surface area (Å²) < 4.78 is 0. The number of hydrogen-bond acceptors (Lipinski definition) is 4. The molecule has 0 unspecified atom stereocenters. The zero-order valence-electron chi connectivity index (χ0n) is 8.60. The number of aliphatic hydroxyl groups excluding tert-OH is 1. The van der Waals surface area contributed by atoms with Gasteiger partial charge < -0.3 is 9.90 Å². The van der Waals surface area contributed by atoms with Gasteiger partial charge in [-0.2, -0.15) is 0 Å². The van der Waals surface area contributed by atoms with Crippen LogP contribution in [0.5, 0.6) is 0 Å². The highest BCUT2D eigenvalue weighted by atomic mass is 16.6. The van der Waals surface area contributed by atoms with Crippen LogP contribution in [0.4, 0.5) is 0 Å². The fraction of sp³-hybridized carbons (Fsp3) is 0.889. The molecule has 1 N–H and O–H groups in total. The first kappa shape index (κ1) is 13.0. The van der Waals surface area contributed by atoms with Gasteiger partial charge in [0.25, 0.3) is 0 Å². The van der Waals surface area contributed by atoms with Gasteiger partial charge in [-0.15, -0.1) is 0 Å². The Morgan fingerprint density at radius 2 is 2.00 bits per heavy atom. The average molecular weight is 203 g/mol. The first-order valence-electron chi connectivity index (χ1n) is 4.74. The SMILES string of the molecule is CC(=O)CC[C@H](CC[C@H](C)O)[N+](=O)[O-]. The van der Waals surface area contributed by atoms with Crippen molar-refractivity contribution >= 4 is 5.78 Å². The summed E-state index contributed by atoms with van der Waals surface area (Å²) in [7, 11) is 0. The molecule has 0 fully saturated rings. The molecular weight excluding hydrogens is 186 g/mol. The molecule has 14 heavy (non-hydrogen) atoms. The summed E-state index contributed by atoms with van der Waals surface area (Å²) >= 11 is 0. The Labute approximate surface area is 83.3 Å². The fourth-order valence-electron chi connectivity index (χ4n) is 1.16. The predicted molar refractivity (Wildman–Crippen MR) is 51.6 cm³/mol. The maximum Gasteiger partial charge on any atom is 0.213 e. The number of rotatable bonds is 7. The predicted octanol–water partition coefficient (Wildman–Crippen LogP) is 1.16. The van der Waals surface area contributed by atoms with Crippen molar-refractivity contribution in [3.05, 3.63) is 10.1 Å². The third-order valence-corrected chi connectivity index (χ3v) is 2.05. The van der Waals surface area contributed by atoms with Gasteiger partial charge in [-0.3, -0.25) is 10.1 Å². The molecular formula is C9H17NO4. The molecule has 5 heteroatoms. The number of hydrogen-bond donors (Lipinski definition) is 1. The zero-order chi connectivity index (χ0) is 11.1. The third kappa shape index (κ3) is 6.54. The second-order valence-corrected chi connectivity index (χ2v) is 3.61. The van der Waals surface area contributed by atoms with Crippen molar-refractivity contribution < 1.29 is 14.8 Å². The van der Waals surface area contributed by atoms with Crippen molar-refractivity contribution in [1.29, 1.82) is 0 Å². The van der Waals surface area contributed by atoms with Gasteiger partial charge in [0.2, 0.25) is 6.04 Å². The molecule has 0 aromatic heterocycles. The van der Waals surface area contributed by atoms with Crippen molar-refractivity contribution in [3.8, 4) is 0 Å².